The Bertz CT molecular complexity index is 1000. The predicted molar refractivity (Wildman–Crippen MR) is 161 cm³/mol. The number of carbonyl (C=O) groups is 1. The van der Waals surface area contributed by atoms with Gasteiger partial charge in [-0.15, -0.1) is 0 Å². The third-order valence-corrected chi connectivity index (χ3v) is 13.0. The number of fused-ring (bicyclic) bond motifs is 5. The van der Waals surface area contributed by atoms with Crippen LogP contribution in [0.4, 0.5) is 0 Å². The number of hydrogen-bond acceptors (Lipinski definition) is 5. The molecule has 4 aliphatic rings. The number of nitrogens with zero attached hydrogens (tertiary/aromatic N) is 1. The molecule has 41 heavy (non-hydrogen) atoms. The summed E-state index contributed by atoms with van der Waals surface area (Å²) in [6.07, 6.45) is 15.5. The van der Waals surface area contributed by atoms with Crippen LogP contribution in [-0.2, 0) is 19.4 Å². The van der Waals surface area contributed by atoms with Gasteiger partial charge in [-0.2, -0.15) is 8.42 Å². The van der Waals surface area contributed by atoms with Crippen molar-refractivity contribution >= 4 is 16.3 Å². The lowest BCUT2D eigenvalue weighted by molar-refractivity contribution is -0.893. The molecule has 0 aromatic heterocycles. The van der Waals surface area contributed by atoms with Crippen LogP contribution in [0.2, 0.25) is 0 Å². The fourth-order valence-electron chi connectivity index (χ4n) is 10.5. The summed E-state index contributed by atoms with van der Waals surface area (Å²) in [7, 11) is -0.688. The molecule has 238 valence electrons. The smallest absolute Gasteiger partial charge is 0.385 e. The average Bonchev–Trinajstić information content (AvgIpc) is 3.25. The van der Waals surface area contributed by atoms with E-state index in [1.54, 1.807) is 0 Å². The maximum absolute atomic E-state index is 12.7. The third-order valence-electron chi connectivity index (χ3n) is 12.5. The van der Waals surface area contributed by atoms with Crippen LogP contribution >= 0.6 is 0 Å². The summed E-state index contributed by atoms with van der Waals surface area (Å²) in [6.45, 7) is 8.77. The van der Waals surface area contributed by atoms with Gasteiger partial charge in [-0.1, -0.05) is 33.6 Å². The second-order valence-electron chi connectivity index (χ2n) is 15.6. The van der Waals surface area contributed by atoms with Crippen LogP contribution in [-0.4, -0.2) is 74.9 Å². The molecule has 4 aliphatic carbocycles. The van der Waals surface area contributed by atoms with Crippen LogP contribution < -0.4 is 5.32 Å². The third kappa shape index (κ3) is 7.86. The van der Waals surface area contributed by atoms with E-state index in [0.29, 0.717) is 40.7 Å². The van der Waals surface area contributed by atoms with E-state index in [0.717, 1.165) is 42.4 Å². The average molecular weight is 600 g/mol. The lowest BCUT2D eigenvalue weighted by Crippen LogP contribution is -2.53. The highest BCUT2D eigenvalue weighted by molar-refractivity contribution is 7.80. The van der Waals surface area contributed by atoms with Crippen molar-refractivity contribution < 1.29 is 31.5 Å². The summed E-state index contributed by atoms with van der Waals surface area (Å²) in [5.74, 6) is 5.13. The molecule has 5 unspecified atom stereocenters. The molecular formula is C32H59N2O6S+. The fourth-order valence-corrected chi connectivity index (χ4v) is 10.9. The Morgan fingerprint density at radius 3 is 2.49 bits per heavy atom. The lowest BCUT2D eigenvalue weighted by atomic mass is 9.44. The summed E-state index contributed by atoms with van der Waals surface area (Å²) >= 11 is 0. The summed E-state index contributed by atoms with van der Waals surface area (Å²) < 4.78 is 34.8. The number of quaternary nitrogens is 1. The molecule has 4 saturated carbocycles. The molecule has 0 radical (unpaired) electrons. The van der Waals surface area contributed by atoms with Gasteiger partial charge in [-0.3, -0.25) is 9.35 Å². The molecule has 3 N–H and O–H groups in total. The number of nitrogens with one attached hydrogen (secondary N) is 1. The topological polar surface area (TPSA) is 113 Å². The van der Waals surface area contributed by atoms with Gasteiger partial charge in [0.05, 0.1) is 20.6 Å². The molecule has 9 heteroatoms. The van der Waals surface area contributed by atoms with E-state index in [-0.39, 0.29) is 12.5 Å². The first-order valence-electron chi connectivity index (χ1n) is 16.5. The molecule has 9 atom stereocenters. The predicted octanol–water partition coefficient (Wildman–Crippen LogP) is 5.21. The van der Waals surface area contributed by atoms with E-state index in [2.05, 4.69) is 30.3 Å². The molecule has 0 aliphatic heterocycles. The van der Waals surface area contributed by atoms with Gasteiger partial charge in [0.2, 0.25) is 5.91 Å². The maximum Gasteiger partial charge on any atom is 0.397 e. The molecule has 0 heterocycles. The molecule has 4 rings (SSSR count). The van der Waals surface area contributed by atoms with Crippen molar-refractivity contribution in [1.82, 2.24) is 5.32 Å². The van der Waals surface area contributed by atoms with Crippen molar-refractivity contribution in [2.24, 2.45) is 46.3 Å². The minimum absolute atomic E-state index is 0.121. The molecule has 8 nitrogen and oxygen atoms in total. The van der Waals surface area contributed by atoms with Crippen molar-refractivity contribution in [1.29, 1.82) is 0 Å². The number of hydrogen-bond donors (Lipinski definition) is 3. The fraction of sp³-hybridized carbons (Fsp3) is 0.969. The minimum Gasteiger partial charge on any atom is -0.385 e. The molecule has 0 aromatic rings. The lowest BCUT2D eigenvalue weighted by Gasteiger charge is -2.61. The number of likely N-dealkylation sites (N-methyl/N-ethyl adjacent to an activating group) is 1. The summed E-state index contributed by atoms with van der Waals surface area (Å²) in [5, 5.41) is 13.1. The normalized spacial score (nSPS) is 37.0. The van der Waals surface area contributed by atoms with Gasteiger partial charge in [0.1, 0.15) is 19.3 Å². The van der Waals surface area contributed by atoms with Gasteiger partial charge >= 0.3 is 10.4 Å². The summed E-state index contributed by atoms with van der Waals surface area (Å²) in [5.41, 5.74) is 1.03. The Morgan fingerprint density at radius 2 is 1.76 bits per heavy atom. The zero-order chi connectivity index (χ0) is 30.1. The second kappa shape index (κ2) is 13.1. The van der Waals surface area contributed by atoms with Gasteiger partial charge in [0, 0.05) is 19.4 Å². The molecule has 0 spiro atoms. The summed E-state index contributed by atoms with van der Waals surface area (Å²) in [4.78, 5) is 12.7. The van der Waals surface area contributed by atoms with Crippen LogP contribution in [0.25, 0.3) is 0 Å². The van der Waals surface area contributed by atoms with Gasteiger partial charge in [-0.05, 0) is 104 Å². The highest BCUT2D eigenvalue weighted by Gasteiger charge is 2.60. The molecule has 0 saturated heterocycles. The Morgan fingerprint density at radius 1 is 1.02 bits per heavy atom. The highest BCUT2D eigenvalue weighted by Crippen LogP contribution is 2.68. The quantitative estimate of drug-likeness (QED) is 0.152. The Kier molecular flexibility index (Phi) is 10.6. The Hall–Kier alpha value is -0.740. The number of rotatable bonds is 13. The van der Waals surface area contributed by atoms with Crippen molar-refractivity contribution in [3.8, 4) is 0 Å². The standard InChI is InChI=1S/C32H58N2O6S/c1-23(10-15-30(36)33-19-8-20-34(4,5)21-25(35)22-40-41(37,38)39)27-13-14-28-26-12-11-24-9-6-7-17-31(24,2)29(26)16-18-32(27,28)3/h23-29,35H,6-22H2,1-5H3,(H-,33,36,37,38,39)/p+1/t23-,24?,25?,26?,27-,28?,29?,31+,32-/m1/s1. The monoisotopic (exact) mass is 599 g/mol. The number of aliphatic hydroxyl groups excluding tert-OH is 1. The van der Waals surface area contributed by atoms with Crippen molar-refractivity contribution in [3.63, 3.8) is 0 Å². The van der Waals surface area contributed by atoms with Crippen molar-refractivity contribution in [3.05, 3.63) is 0 Å². The van der Waals surface area contributed by atoms with Gasteiger partial charge in [-0.25, -0.2) is 4.18 Å². The number of amides is 1. The van der Waals surface area contributed by atoms with E-state index < -0.39 is 23.1 Å². The van der Waals surface area contributed by atoms with E-state index in [9.17, 15) is 18.3 Å². The van der Waals surface area contributed by atoms with Crippen molar-refractivity contribution in [2.75, 3.05) is 40.3 Å². The van der Waals surface area contributed by atoms with E-state index in [4.69, 9.17) is 4.55 Å². The minimum atomic E-state index is -4.56. The van der Waals surface area contributed by atoms with Crippen molar-refractivity contribution in [2.45, 2.75) is 110 Å². The molecule has 1 amide bonds. The van der Waals surface area contributed by atoms with Crippen LogP contribution in [0.3, 0.4) is 0 Å². The Balaban J connectivity index is 1.18. The first-order chi connectivity index (χ1) is 19.1. The summed E-state index contributed by atoms with van der Waals surface area (Å²) in [6, 6.07) is 0. The number of aliphatic hydroxyl groups is 1. The first-order valence-corrected chi connectivity index (χ1v) is 17.9. The Labute approximate surface area is 249 Å². The van der Waals surface area contributed by atoms with Crippen LogP contribution in [0, 0.1) is 46.3 Å². The molecular weight excluding hydrogens is 540 g/mol. The largest absolute Gasteiger partial charge is 0.397 e. The highest BCUT2D eigenvalue weighted by atomic mass is 32.3. The van der Waals surface area contributed by atoms with Gasteiger partial charge in [0.25, 0.3) is 0 Å². The molecule has 4 fully saturated rings. The van der Waals surface area contributed by atoms with Crippen LogP contribution in [0.15, 0.2) is 0 Å². The van der Waals surface area contributed by atoms with E-state index in [1.165, 1.54) is 64.2 Å². The number of carbonyl (C=O) groups excluding carboxylic acids is 1. The van der Waals surface area contributed by atoms with E-state index in [1.807, 2.05) is 14.1 Å². The van der Waals surface area contributed by atoms with Gasteiger partial charge < -0.3 is 14.9 Å². The molecule has 0 bridgehead atoms. The zero-order valence-corrected chi connectivity index (χ0v) is 27.3. The maximum atomic E-state index is 12.7. The first kappa shape index (κ1) is 33.2. The van der Waals surface area contributed by atoms with Gasteiger partial charge in [0.15, 0.2) is 0 Å². The van der Waals surface area contributed by atoms with Crippen LogP contribution in [0.1, 0.15) is 104 Å². The molecule has 0 aromatic carbocycles. The van der Waals surface area contributed by atoms with E-state index >= 15 is 0 Å². The van der Waals surface area contributed by atoms with Crippen LogP contribution in [0.5, 0.6) is 0 Å². The zero-order valence-electron chi connectivity index (χ0n) is 26.4. The second-order valence-corrected chi connectivity index (χ2v) is 16.6. The SMILES string of the molecule is C[C@H](CCC(=O)NCCC[N+](C)(C)CC(O)COS(=O)(=O)O)[C@H]1CCC2C3CCC4CCCC[C@]4(C)C3CC[C@@]21C.